The molecule has 1 aliphatic carbocycles. The molecular weight excluding hydrogens is 409 g/mol. The van der Waals surface area contributed by atoms with E-state index in [1.165, 1.54) is 12.8 Å². The number of rotatable bonds is 5. The summed E-state index contributed by atoms with van der Waals surface area (Å²) in [5.74, 6) is -2.13. The fourth-order valence-corrected chi connectivity index (χ4v) is 2.88. The van der Waals surface area contributed by atoms with Crippen molar-refractivity contribution < 1.29 is 37.8 Å². The Balaban J connectivity index is 0.000000396. The van der Waals surface area contributed by atoms with Crippen molar-refractivity contribution in [3.63, 3.8) is 0 Å². The highest BCUT2D eigenvalue weighted by molar-refractivity contribution is 5.80. The topological polar surface area (TPSA) is 133 Å². The van der Waals surface area contributed by atoms with Gasteiger partial charge in [0, 0.05) is 37.5 Å². The van der Waals surface area contributed by atoms with E-state index < -0.39 is 18.1 Å². The number of aromatic nitrogens is 2. The molecule has 2 aliphatic rings. The average Bonchev–Trinajstić information content (AvgIpc) is 3.46. The van der Waals surface area contributed by atoms with Crippen molar-refractivity contribution in [1.29, 1.82) is 0 Å². The number of nitrogens with one attached hydrogen (secondary N) is 1. The zero-order chi connectivity index (χ0) is 22.5. The molecule has 12 heteroatoms. The number of amides is 1. The van der Waals surface area contributed by atoms with Crippen LogP contribution in [0.25, 0.3) is 0 Å². The van der Waals surface area contributed by atoms with Crippen LogP contribution in [0.2, 0.25) is 0 Å². The number of aliphatic carboxylic acids is 2. The third-order valence-corrected chi connectivity index (χ3v) is 4.52. The molecule has 2 heterocycles. The Labute approximate surface area is 170 Å². The molecule has 1 aromatic rings. The first-order valence-electron chi connectivity index (χ1n) is 9.40. The highest BCUT2D eigenvalue weighted by Gasteiger charge is 2.38. The van der Waals surface area contributed by atoms with E-state index >= 15 is 0 Å². The van der Waals surface area contributed by atoms with Crippen molar-refractivity contribution >= 4 is 23.7 Å². The molecule has 30 heavy (non-hydrogen) atoms. The molecule has 1 aliphatic heterocycles. The molecule has 0 bridgehead atoms. The van der Waals surface area contributed by atoms with Gasteiger partial charge in [0.15, 0.2) is 0 Å². The van der Waals surface area contributed by atoms with Crippen molar-refractivity contribution in [1.82, 2.24) is 14.9 Å². The lowest BCUT2D eigenvalue weighted by Gasteiger charge is -2.19. The Kier molecular flexibility index (Phi) is 7.57. The van der Waals surface area contributed by atoms with E-state index in [2.05, 4.69) is 15.3 Å². The maximum Gasteiger partial charge on any atom is 0.490 e. The predicted octanol–water partition coefficient (Wildman–Crippen LogP) is 1.78. The first-order valence-corrected chi connectivity index (χ1v) is 9.40. The van der Waals surface area contributed by atoms with E-state index in [0.717, 1.165) is 22.9 Å². The van der Waals surface area contributed by atoms with Gasteiger partial charge in [0.25, 0.3) is 0 Å². The first-order chi connectivity index (χ1) is 14.0. The Morgan fingerprint density at radius 2 is 1.70 bits per heavy atom. The Morgan fingerprint density at radius 1 is 1.10 bits per heavy atom. The predicted molar refractivity (Wildman–Crippen MR) is 98.0 cm³/mol. The summed E-state index contributed by atoms with van der Waals surface area (Å²) >= 11 is 0. The van der Waals surface area contributed by atoms with Crippen molar-refractivity contribution in [2.75, 3.05) is 18.4 Å². The summed E-state index contributed by atoms with van der Waals surface area (Å²) < 4.78 is 31.7. The van der Waals surface area contributed by atoms with Gasteiger partial charge < -0.3 is 20.4 Å². The molecule has 1 amide bonds. The second-order valence-corrected chi connectivity index (χ2v) is 7.04. The molecular formula is C18H23F3N4O5. The molecule has 0 unspecified atom stereocenters. The zero-order valence-electron chi connectivity index (χ0n) is 16.3. The number of carboxylic acid groups (broad SMARTS) is 2. The van der Waals surface area contributed by atoms with Crippen molar-refractivity contribution in [3.8, 4) is 0 Å². The van der Waals surface area contributed by atoms with Crippen LogP contribution < -0.4 is 5.32 Å². The van der Waals surface area contributed by atoms with Crippen molar-refractivity contribution in [2.24, 2.45) is 0 Å². The molecule has 1 fully saturated rings. The summed E-state index contributed by atoms with van der Waals surface area (Å²) in [6.07, 6.45) is -1.38. The molecule has 0 spiro atoms. The first kappa shape index (κ1) is 23.4. The average molecular weight is 432 g/mol. The number of hydrogen-bond donors (Lipinski definition) is 3. The van der Waals surface area contributed by atoms with E-state index in [9.17, 15) is 22.8 Å². The fraction of sp³-hybridized carbons (Fsp3) is 0.611. The van der Waals surface area contributed by atoms with Gasteiger partial charge in [-0.25, -0.2) is 14.8 Å². The largest absolute Gasteiger partial charge is 0.490 e. The monoisotopic (exact) mass is 432 g/mol. The van der Waals surface area contributed by atoms with Gasteiger partial charge >= 0.3 is 18.1 Å². The number of aryl methyl sites for hydroxylation is 1. The SMILES string of the molecule is Cc1nc2c(c(NC3CC3)n1)CCN(C(=O)CCC(=O)O)CC2.O=C(O)C(F)(F)F. The van der Waals surface area contributed by atoms with Gasteiger partial charge in [0.2, 0.25) is 5.91 Å². The van der Waals surface area contributed by atoms with E-state index in [1.54, 1.807) is 4.90 Å². The Hall–Kier alpha value is -2.92. The van der Waals surface area contributed by atoms with Crippen LogP contribution in [-0.4, -0.2) is 68.2 Å². The number of fused-ring (bicyclic) bond motifs is 1. The van der Waals surface area contributed by atoms with Gasteiger partial charge in [-0.05, 0) is 26.2 Å². The Bertz CT molecular complexity index is 812. The number of halogens is 3. The molecule has 9 nitrogen and oxygen atoms in total. The van der Waals surface area contributed by atoms with E-state index in [1.807, 2.05) is 6.92 Å². The number of carboxylic acids is 2. The number of nitrogens with zero attached hydrogens (tertiary/aromatic N) is 3. The molecule has 3 rings (SSSR count). The van der Waals surface area contributed by atoms with Crippen LogP contribution in [0.1, 0.15) is 42.8 Å². The minimum Gasteiger partial charge on any atom is -0.481 e. The number of carbonyl (C=O) groups excluding carboxylic acids is 1. The van der Waals surface area contributed by atoms with Crippen LogP contribution in [0.3, 0.4) is 0 Å². The van der Waals surface area contributed by atoms with Crippen molar-refractivity contribution in [2.45, 2.75) is 57.7 Å². The maximum atomic E-state index is 12.2. The molecule has 0 atom stereocenters. The second-order valence-electron chi connectivity index (χ2n) is 7.04. The lowest BCUT2D eigenvalue weighted by atomic mass is 10.1. The normalized spacial score (nSPS) is 15.9. The van der Waals surface area contributed by atoms with Gasteiger partial charge in [-0.2, -0.15) is 13.2 Å². The highest BCUT2D eigenvalue weighted by Crippen LogP contribution is 2.28. The molecule has 0 saturated heterocycles. The van der Waals surface area contributed by atoms with Crippen LogP contribution in [0.5, 0.6) is 0 Å². The minimum atomic E-state index is -5.08. The molecule has 0 radical (unpaired) electrons. The molecule has 0 aromatic carbocycles. The van der Waals surface area contributed by atoms with E-state index in [-0.39, 0.29) is 18.7 Å². The fourth-order valence-electron chi connectivity index (χ4n) is 2.88. The molecule has 1 aromatic heterocycles. The molecule has 3 N–H and O–H groups in total. The minimum absolute atomic E-state index is 0.0591. The summed E-state index contributed by atoms with van der Waals surface area (Å²) in [6, 6.07) is 0.518. The third kappa shape index (κ3) is 7.16. The highest BCUT2D eigenvalue weighted by atomic mass is 19.4. The number of carbonyl (C=O) groups is 3. The summed E-state index contributed by atoms with van der Waals surface area (Å²) in [5, 5.41) is 19.3. The van der Waals surface area contributed by atoms with Gasteiger partial charge in [0.05, 0.1) is 12.1 Å². The van der Waals surface area contributed by atoms with Gasteiger partial charge in [0.1, 0.15) is 11.6 Å². The smallest absolute Gasteiger partial charge is 0.481 e. The molecule has 166 valence electrons. The van der Waals surface area contributed by atoms with Gasteiger partial charge in [-0.3, -0.25) is 9.59 Å². The van der Waals surface area contributed by atoms with E-state index in [4.69, 9.17) is 15.0 Å². The standard InChI is InChI=1S/C16H22N4O3.C2HF3O2/c1-10-17-13-7-9-20(14(21)4-5-15(22)23)8-6-12(13)16(18-10)19-11-2-3-11;3-2(4,5)1(6)7/h11H,2-9H2,1H3,(H,22,23)(H,17,18,19);(H,6,7). The second kappa shape index (κ2) is 9.72. The van der Waals surface area contributed by atoms with Crippen LogP contribution in [0, 0.1) is 6.92 Å². The summed E-state index contributed by atoms with van der Waals surface area (Å²) in [5.41, 5.74) is 2.12. The number of anilines is 1. The number of hydrogen-bond acceptors (Lipinski definition) is 6. The maximum absolute atomic E-state index is 12.2. The van der Waals surface area contributed by atoms with Crippen molar-refractivity contribution in [3.05, 3.63) is 17.1 Å². The van der Waals surface area contributed by atoms with Crippen LogP contribution in [0.4, 0.5) is 19.0 Å². The zero-order valence-corrected chi connectivity index (χ0v) is 16.3. The van der Waals surface area contributed by atoms with Crippen LogP contribution >= 0.6 is 0 Å². The van der Waals surface area contributed by atoms with E-state index in [0.29, 0.717) is 32.0 Å². The van der Waals surface area contributed by atoms with Crippen LogP contribution in [-0.2, 0) is 27.2 Å². The Morgan fingerprint density at radius 3 is 2.23 bits per heavy atom. The van der Waals surface area contributed by atoms with Gasteiger partial charge in [-0.15, -0.1) is 0 Å². The van der Waals surface area contributed by atoms with Gasteiger partial charge in [-0.1, -0.05) is 0 Å². The van der Waals surface area contributed by atoms with Crippen LogP contribution in [0.15, 0.2) is 0 Å². The summed E-state index contributed by atoms with van der Waals surface area (Å²) in [6.45, 7) is 3.07. The summed E-state index contributed by atoms with van der Waals surface area (Å²) in [4.78, 5) is 42.5. The third-order valence-electron chi connectivity index (χ3n) is 4.52. The lowest BCUT2D eigenvalue weighted by Crippen LogP contribution is -2.33. The number of alkyl halides is 3. The lowest BCUT2D eigenvalue weighted by molar-refractivity contribution is -0.192. The summed E-state index contributed by atoms with van der Waals surface area (Å²) in [7, 11) is 0. The quantitative estimate of drug-likeness (QED) is 0.641. The molecule has 1 saturated carbocycles.